The van der Waals surface area contributed by atoms with Crippen LogP contribution in [-0.2, 0) is 11.3 Å². The number of hydrogen-bond acceptors (Lipinski definition) is 5. The molecule has 4 N–H and O–H groups in total. The predicted octanol–water partition coefficient (Wildman–Crippen LogP) is 3.40. The normalized spacial score (nSPS) is 10.3. The summed E-state index contributed by atoms with van der Waals surface area (Å²) in [5.41, 5.74) is 2.37. The molecule has 3 amide bonds. The minimum absolute atomic E-state index is 0.0583. The van der Waals surface area contributed by atoms with Gasteiger partial charge in [0.15, 0.2) is 0 Å². The van der Waals surface area contributed by atoms with Gasteiger partial charge >= 0.3 is 0 Å². The summed E-state index contributed by atoms with van der Waals surface area (Å²) in [5, 5.41) is 11.4. The van der Waals surface area contributed by atoms with E-state index in [1.165, 1.54) is 0 Å². The zero-order chi connectivity index (χ0) is 22.8. The van der Waals surface area contributed by atoms with Crippen LogP contribution in [0.1, 0.15) is 39.8 Å². The van der Waals surface area contributed by atoms with Gasteiger partial charge in [-0.1, -0.05) is 6.92 Å². The van der Waals surface area contributed by atoms with Crippen LogP contribution in [0.5, 0.6) is 0 Å². The largest absolute Gasteiger partial charge is 0.467 e. The van der Waals surface area contributed by atoms with E-state index in [2.05, 4.69) is 21.3 Å². The Morgan fingerprint density at radius 2 is 1.44 bits per heavy atom. The highest BCUT2D eigenvalue weighted by Gasteiger charge is 2.08. The molecule has 1 aromatic heterocycles. The second-order valence-electron chi connectivity index (χ2n) is 7.07. The van der Waals surface area contributed by atoms with Gasteiger partial charge in [-0.3, -0.25) is 14.4 Å². The van der Waals surface area contributed by atoms with Crippen LogP contribution in [0.25, 0.3) is 0 Å². The number of anilines is 2. The molecule has 2 aromatic carbocycles. The second kappa shape index (κ2) is 11.4. The maximum atomic E-state index is 12.2. The lowest BCUT2D eigenvalue weighted by Crippen LogP contribution is -2.24. The molecule has 0 radical (unpaired) electrons. The van der Waals surface area contributed by atoms with Crippen LogP contribution in [0, 0.1) is 0 Å². The van der Waals surface area contributed by atoms with Crippen molar-refractivity contribution in [3.63, 3.8) is 0 Å². The lowest BCUT2D eigenvalue weighted by molar-refractivity contribution is -0.114. The van der Waals surface area contributed by atoms with E-state index >= 15 is 0 Å². The summed E-state index contributed by atoms with van der Waals surface area (Å²) in [7, 11) is 0. The Kier molecular flexibility index (Phi) is 8.02. The highest BCUT2D eigenvalue weighted by Crippen LogP contribution is 2.12. The number of furan rings is 1. The Morgan fingerprint density at radius 3 is 2.03 bits per heavy atom. The van der Waals surface area contributed by atoms with Gasteiger partial charge < -0.3 is 25.7 Å². The average molecular weight is 434 g/mol. The minimum Gasteiger partial charge on any atom is -0.467 e. The van der Waals surface area contributed by atoms with E-state index in [0.717, 1.165) is 6.42 Å². The standard InChI is InChI=1S/C24H26N4O4/c1-2-13-25-23(30)17-7-11-20(12-8-17)28-22(29)16-26-19-9-5-18(6-10-19)24(31)27-15-21-4-3-14-32-21/h3-12,14,26H,2,13,15-16H2,1H3,(H,25,30)(H,27,31)(H,28,29). The summed E-state index contributed by atoms with van der Waals surface area (Å²) < 4.78 is 5.19. The zero-order valence-electron chi connectivity index (χ0n) is 17.8. The summed E-state index contributed by atoms with van der Waals surface area (Å²) >= 11 is 0. The molecule has 0 aliphatic rings. The first-order chi connectivity index (χ1) is 15.5. The molecule has 0 unspecified atom stereocenters. The van der Waals surface area contributed by atoms with Crippen molar-refractivity contribution in [3.8, 4) is 0 Å². The molecule has 0 bridgehead atoms. The Labute approximate surface area is 186 Å². The molecule has 0 saturated heterocycles. The fourth-order valence-electron chi connectivity index (χ4n) is 2.86. The van der Waals surface area contributed by atoms with Crippen molar-refractivity contribution in [1.29, 1.82) is 0 Å². The van der Waals surface area contributed by atoms with E-state index in [1.54, 1.807) is 66.9 Å². The molecule has 8 heteroatoms. The van der Waals surface area contributed by atoms with Gasteiger partial charge in [-0.25, -0.2) is 0 Å². The number of benzene rings is 2. The van der Waals surface area contributed by atoms with Crippen LogP contribution in [0.4, 0.5) is 11.4 Å². The van der Waals surface area contributed by atoms with Gasteiger partial charge in [0, 0.05) is 29.0 Å². The van der Waals surface area contributed by atoms with Crippen molar-refractivity contribution >= 4 is 29.1 Å². The molecule has 3 rings (SSSR count). The quantitative estimate of drug-likeness (QED) is 0.391. The van der Waals surface area contributed by atoms with Crippen molar-refractivity contribution in [3.05, 3.63) is 83.8 Å². The number of hydrogen-bond donors (Lipinski definition) is 4. The molecule has 8 nitrogen and oxygen atoms in total. The number of carbonyl (C=O) groups excluding carboxylic acids is 3. The van der Waals surface area contributed by atoms with Crippen LogP contribution in [0.15, 0.2) is 71.3 Å². The van der Waals surface area contributed by atoms with Gasteiger partial charge in [-0.15, -0.1) is 0 Å². The number of amides is 3. The van der Waals surface area contributed by atoms with Crippen molar-refractivity contribution in [2.45, 2.75) is 19.9 Å². The Bertz CT molecular complexity index is 1030. The first kappa shape index (κ1) is 22.6. The number of carbonyl (C=O) groups is 3. The third kappa shape index (κ3) is 6.73. The molecule has 0 saturated carbocycles. The van der Waals surface area contributed by atoms with Gasteiger partial charge in [-0.05, 0) is 67.1 Å². The Hall–Kier alpha value is -4.07. The molecule has 3 aromatic rings. The fourth-order valence-corrected chi connectivity index (χ4v) is 2.86. The summed E-state index contributed by atoms with van der Waals surface area (Å²) in [6.45, 7) is 2.99. The van der Waals surface area contributed by atoms with E-state index in [4.69, 9.17) is 4.42 Å². The van der Waals surface area contributed by atoms with Crippen molar-refractivity contribution in [1.82, 2.24) is 10.6 Å². The summed E-state index contributed by atoms with van der Waals surface area (Å²) in [6.07, 6.45) is 2.43. The lowest BCUT2D eigenvalue weighted by atomic mass is 10.2. The molecular weight excluding hydrogens is 408 g/mol. The number of nitrogens with one attached hydrogen (secondary N) is 4. The zero-order valence-corrected chi connectivity index (χ0v) is 17.8. The summed E-state index contributed by atoms with van der Waals surface area (Å²) in [5.74, 6) is 0.104. The summed E-state index contributed by atoms with van der Waals surface area (Å²) in [6, 6.07) is 17.1. The maximum Gasteiger partial charge on any atom is 0.251 e. The van der Waals surface area contributed by atoms with E-state index in [1.807, 2.05) is 6.92 Å². The Morgan fingerprint density at radius 1 is 0.812 bits per heavy atom. The predicted molar refractivity (Wildman–Crippen MR) is 123 cm³/mol. The van der Waals surface area contributed by atoms with Crippen LogP contribution in [-0.4, -0.2) is 30.8 Å². The van der Waals surface area contributed by atoms with Gasteiger partial charge in [-0.2, -0.15) is 0 Å². The van der Waals surface area contributed by atoms with E-state index in [-0.39, 0.29) is 24.3 Å². The second-order valence-corrected chi connectivity index (χ2v) is 7.07. The highest BCUT2D eigenvalue weighted by atomic mass is 16.3. The van der Waals surface area contributed by atoms with E-state index in [9.17, 15) is 14.4 Å². The van der Waals surface area contributed by atoms with Crippen molar-refractivity contribution < 1.29 is 18.8 Å². The molecular formula is C24H26N4O4. The minimum atomic E-state index is -0.228. The van der Waals surface area contributed by atoms with Gasteiger partial charge in [0.1, 0.15) is 5.76 Å². The molecule has 32 heavy (non-hydrogen) atoms. The van der Waals surface area contributed by atoms with Crippen LogP contribution < -0.4 is 21.3 Å². The van der Waals surface area contributed by atoms with Gasteiger partial charge in [0.2, 0.25) is 5.91 Å². The van der Waals surface area contributed by atoms with Crippen LogP contribution in [0.2, 0.25) is 0 Å². The van der Waals surface area contributed by atoms with Crippen molar-refractivity contribution in [2.75, 3.05) is 23.7 Å². The fraction of sp³-hybridized carbons (Fsp3) is 0.208. The molecule has 1 heterocycles. The SMILES string of the molecule is CCCNC(=O)c1ccc(NC(=O)CNc2ccc(C(=O)NCc3ccco3)cc2)cc1. The van der Waals surface area contributed by atoms with E-state index in [0.29, 0.717) is 41.4 Å². The highest BCUT2D eigenvalue weighted by molar-refractivity contribution is 5.97. The molecule has 0 aliphatic heterocycles. The molecule has 0 aliphatic carbocycles. The topological polar surface area (TPSA) is 112 Å². The van der Waals surface area contributed by atoms with Gasteiger partial charge in [0.05, 0.1) is 19.4 Å². The molecule has 0 spiro atoms. The molecule has 0 atom stereocenters. The summed E-state index contributed by atoms with van der Waals surface area (Å²) in [4.78, 5) is 36.3. The smallest absolute Gasteiger partial charge is 0.251 e. The maximum absolute atomic E-state index is 12.2. The first-order valence-corrected chi connectivity index (χ1v) is 10.4. The third-order valence-electron chi connectivity index (χ3n) is 4.57. The first-order valence-electron chi connectivity index (χ1n) is 10.4. The number of rotatable bonds is 10. The van der Waals surface area contributed by atoms with Crippen LogP contribution in [0.3, 0.4) is 0 Å². The molecule has 0 fully saturated rings. The lowest BCUT2D eigenvalue weighted by Gasteiger charge is -2.09. The molecule has 166 valence electrons. The monoisotopic (exact) mass is 434 g/mol. The average Bonchev–Trinajstić information content (AvgIpc) is 3.34. The van der Waals surface area contributed by atoms with Gasteiger partial charge in [0.25, 0.3) is 11.8 Å². The Balaban J connectivity index is 1.43. The van der Waals surface area contributed by atoms with Crippen LogP contribution >= 0.6 is 0 Å². The van der Waals surface area contributed by atoms with Crippen molar-refractivity contribution in [2.24, 2.45) is 0 Å². The van der Waals surface area contributed by atoms with E-state index < -0.39 is 0 Å². The third-order valence-corrected chi connectivity index (χ3v) is 4.57.